The molecule has 2 heterocycles. The van der Waals surface area contributed by atoms with E-state index in [0.29, 0.717) is 0 Å². The monoisotopic (exact) mass is 461 g/mol. The van der Waals surface area contributed by atoms with Crippen LogP contribution in [0.15, 0.2) is 18.3 Å². The first-order chi connectivity index (χ1) is 14.7. The highest BCUT2D eigenvalue weighted by molar-refractivity contribution is 6.04. The van der Waals surface area contributed by atoms with Crippen molar-refractivity contribution in [3.63, 3.8) is 0 Å². The van der Waals surface area contributed by atoms with Gasteiger partial charge in [0.2, 0.25) is 0 Å². The van der Waals surface area contributed by atoms with E-state index in [1.54, 1.807) is 0 Å². The lowest BCUT2D eigenvalue weighted by Gasteiger charge is -2.70. The minimum absolute atomic E-state index is 0.0565. The second-order valence-electron chi connectivity index (χ2n) is 8.53. The van der Waals surface area contributed by atoms with Gasteiger partial charge in [0.05, 0.1) is 5.41 Å². The van der Waals surface area contributed by atoms with Gasteiger partial charge in [0.15, 0.2) is 5.69 Å². The zero-order valence-electron chi connectivity index (χ0n) is 16.6. The molecule has 2 aromatic heterocycles. The smallest absolute Gasteiger partial charge is 0.364 e. The van der Waals surface area contributed by atoms with E-state index in [1.807, 2.05) is 0 Å². The molecule has 3 aliphatic rings. The number of alkyl halides is 6. The molecule has 2 aromatic rings. The maximum Gasteiger partial charge on any atom is 0.435 e. The Bertz CT molecular complexity index is 1100. The number of carbonyl (C=O) groups excluding carboxylic acids is 2. The standard InChI is InChI=1S/C19H17F6N5O2/c1-9-12(15(32)28-10-2-3-27-11(4-10)14(26)31)30(29-13(9)18(20,21)22)8-16-5-17(6-16,7-16)19(23,24)25/h2-4H,5-8H2,1H3,(H2,26,31)(H,27,28,32). The average Bonchev–Trinajstić information content (AvgIpc) is 2.92. The maximum absolute atomic E-state index is 13.4. The quantitative estimate of drug-likeness (QED) is 0.663. The third-order valence-electron chi connectivity index (χ3n) is 6.17. The zero-order chi connectivity index (χ0) is 23.7. The Balaban J connectivity index is 1.63. The van der Waals surface area contributed by atoms with Crippen molar-refractivity contribution in [3.05, 3.63) is 41.0 Å². The molecule has 13 heteroatoms. The summed E-state index contributed by atoms with van der Waals surface area (Å²) in [4.78, 5) is 27.8. The van der Waals surface area contributed by atoms with Gasteiger partial charge in [-0.2, -0.15) is 31.4 Å². The van der Waals surface area contributed by atoms with Gasteiger partial charge in [-0.1, -0.05) is 0 Å². The third-order valence-corrected chi connectivity index (χ3v) is 6.17. The van der Waals surface area contributed by atoms with Crippen molar-refractivity contribution in [2.45, 2.75) is 45.1 Å². The highest BCUT2D eigenvalue weighted by atomic mass is 19.4. The molecule has 0 spiro atoms. The van der Waals surface area contributed by atoms with Crippen LogP contribution in [0.2, 0.25) is 0 Å². The van der Waals surface area contributed by atoms with Crippen molar-refractivity contribution in [1.29, 1.82) is 0 Å². The third kappa shape index (κ3) is 3.39. The van der Waals surface area contributed by atoms with Crippen molar-refractivity contribution in [3.8, 4) is 0 Å². The SMILES string of the molecule is Cc1c(C(F)(F)F)nn(CC23CC(C(F)(F)F)(C2)C3)c1C(=O)Nc1ccnc(C(N)=O)c1. The van der Waals surface area contributed by atoms with Crippen molar-refractivity contribution < 1.29 is 35.9 Å². The van der Waals surface area contributed by atoms with Crippen molar-refractivity contribution in [2.24, 2.45) is 16.6 Å². The Morgan fingerprint density at radius 2 is 1.81 bits per heavy atom. The van der Waals surface area contributed by atoms with Gasteiger partial charge in [-0.05, 0) is 43.7 Å². The normalized spacial score (nSPS) is 24.5. The minimum atomic E-state index is -4.85. The highest BCUT2D eigenvalue weighted by Crippen LogP contribution is 2.78. The van der Waals surface area contributed by atoms with Gasteiger partial charge in [-0.3, -0.25) is 19.3 Å². The molecule has 2 amide bonds. The molecule has 0 unspecified atom stereocenters. The summed E-state index contributed by atoms with van der Waals surface area (Å²) in [5, 5.41) is 5.90. The number of hydrogen-bond donors (Lipinski definition) is 2. The molecule has 0 aliphatic heterocycles. The fourth-order valence-electron chi connectivity index (χ4n) is 4.84. The molecule has 7 nitrogen and oxygen atoms in total. The van der Waals surface area contributed by atoms with Crippen LogP contribution in [0.3, 0.4) is 0 Å². The molecule has 0 aromatic carbocycles. The van der Waals surface area contributed by atoms with Gasteiger partial charge >= 0.3 is 12.4 Å². The summed E-state index contributed by atoms with van der Waals surface area (Å²) < 4.78 is 80.4. The Kier molecular flexibility index (Phi) is 4.62. The number of primary amides is 1. The van der Waals surface area contributed by atoms with E-state index < -0.39 is 51.9 Å². The predicted molar refractivity (Wildman–Crippen MR) is 97.4 cm³/mol. The molecule has 2 bridgehead atoms. The number of anilines is 1. The molecule has 5 rings (SSSR count). The number of amides is 2. The van der Waals surface area contributed by atoms with Crippen molar-refractivity contribution in [1.82, 2.24) is 14.8 Å². The van der Waals surface area contributed by atoms with Crippen LogP contribution in [0.4, 0.5) is 32.0 Å². The molecule has 3 fully saturated rings. The van der Waals surface area contributed by atoms with Crippen LogP contribution >= 0.6 is 0 Å². The van der Waals surface area contributed by atoms with Crippen LogP contribution < -0.4 is 11.1 Å². The second kappa shape index (κ2) is 6.69. The molecule has 3 saturated carbocycles. The summed E-state index contributed by atoms with van der Waals surface area (Å²) >= 11 is 0. The average molecular weight is 461 g/mol. The van der Waals surface area contributed by atoms with E-state index in [-0.39, 0.29) is 37.2 Å². The second-order valence-corrected chi connectivity index (χ2v) is 8.53. The molecule has 172 valence electrons. The molecule has 3 N–H and O–H groups in total. The van der Waals surface area contributed by atoms with E-state index in [4.69, 9.17) is 5.73 Å². The number of nitrogens with one attached hydrogen (secondary N) is 1. The van der Waals surface area contributed by atoms with Gasteiger partial charge in [-0.25, -0.2) is 0 Å². The number of aromatic nitrogens is 3. The van der Waals surface area contributed by atoms with Crippen molar-refractivity contribution >= 4 is 17.5 Å². The Morgan fingerprint density at radius 1 is 1.19 bits per heavy atom. The van der Waals surface area contributed by atoms with Gasteiger partial charge in [0.1, 0.15) is 11.4 Å². The van der Waals surface area contributed by atoms with Crippen molar-refractivity contribution in [2.75, 3.05) is 5.32 Å². The number of halogens is 6. The summed E-state index contributed by atoms with van der Waals surface area (Å²) in [7, 11) is 0. The van der Waals surface area contributed by atoms with Crippen LogP contribution in [-0.4, -0.2) is 32.8 Å². The lowest BCUT2D eigenvalue weighted by atomic mass is 9.35. The van der Waals surface area contributed by atoms with Gasteiger partial charge < -0.3 is 11.1 Å². The van der Waals surface area contributed by atoms with E-state index in [0.717, 1.165) is 17.7 Å². The summed E-state index contributed by atoms with van der Waals surface area (Å²) in [6.07, 6.45) is -8.68. The number of rotatable bonds is 5. The van der Waals surface area contributed by atoms with Crippen LogP contribution in [0.25, 0.3) is 0 Å². The first-order valence-electron chi connectivity index (χ1n) is 9.45. The molecule has 0 saturated heterocycles. The zero-order valence-corrected chi connectivity index (χ0v) is 16.6. The van der Waals surface area contributed by atoms with E-state index in [1.165, 1.54) is 12.3 Å². The lowest BCUT2D eigenvalue weighted by Crippen LogP contribution is -2.69. The van der Waals surface area contributed by atoms with E-state index >= 15 is 0 Å². The molecule has 32 heavy (non-hydrogen) atoms. The first-order valence-corrected chi connectivity index (χ1v) is 9.45. The summed E-state index contributed by atoms with van der Waals surface area (Å²) in [6.45, 7) is 0.829. The molecular formula is C19H17F6N5O2. The molecular weight excluding hydrogens is 444 g/mol. The fourth-order valence-corrected chi connectivity index (χ4v) is 4.84. The minimum Gasteiger partial charge on any atom is -0.364 e. The van der Waals surface area contributed by atoms with Gasteiger partial charge in [-0.15, -0.1) is 0 Å². The highest BCUT2D eigenvalue weighted by Gasteiger charge is 2.78. The number of nitrogens with two attached hydrogens (primary N) is 1. The topological polar surface area (TPSA) is 103 Å². The number of hydrogen-bond acceptors (Lipinski definition) is 4. The predicted octanol–water partition coefficient (Wildman–Crippen LogP) is 3.69. The van der Waals surface area contributed by atoms with E-state index in [2.05, 4.69) is 15.4 Å². The summed E-state index contributed by atoms with van der Waals surface area (Å²) in [5.74, 6) is -1.83. The summed E-state index contributed by atoms with van der Waals surface area (Å²) in [6, 6.07) is 2.45. The van der Waals surface area contributed by atoms with Gasteiger partial charge in [0.25, 0.3) is 11.8 Å². The number of pyridine rings is 1. The number of nitrogens with zero attached hydrogens (tertiary/aromatic N) is 3. The largest absolute Gasteiger partial charge is 0.435 e. The Hall–Kier alpha value is -3.12. The molecule has 3 aliphatic carbocycles. The molecule has 0 atom stereocenters. The summed E-state index contributed by atoms with van der Waals surface area (Å²) in [5.41, 5.74) is 0.234. The van der Waals surface area contributed by atoms with Crippen LogP contribution in [0, 0.1) is 17.8 Å². The fraction of sp³-hybridized carbons (Fsp3) is 0.474. The van der Waals surface area contributed by atoms with Crippen LogP contribution in [0.5, 0.6) is 0 Å². The van der Waals surface area contributed by atoms with Gasteiger partial charge in [0, 0.05) is 24.0 Å². The van der Waals surface area contributed by atoms with E-state index in [9.17, 15) is 35.9 Å². The molecule has 0 radical (unpaired) electrons. The first kappa shape index (κ1) is 22.1. The van der Waals surface area contributed by atoms with Crippen LogP contribution in [0.1, 0.15) is 51.5 Å². The Labute approximate surface area is 177 Å². The lowest BCUT2D eigenvalue weighted by molar-refractivity contribution is -0.366. The number of carbonyl (C=O) groups is 2. The maximum atomic E-state index is 13.4. The van der Waals surface area contributed by atoms with Crippen LogP contribution in [-0.2, 0) is 12.7 Å². The Morgan fingerprint density at radius 3 is 2.34 bits per heavy atom.